The molecule has 0 bridgehead atoms. The van der Waals surface area contributed by atoms with E-state index in [2.05, 4.69) is 23.6 Å². The maximum Gasteiger partial charge on any atom is 0.407 e. The van der Waals surface area contributed by atoms with Gasteiger partial charge < -0.3 is 30.3 Å². The molecule has 4 N–H and O–H groups in total. The third-order valence-corrected chi connectivity index (χ3v) is 6.66. The number of aliphatic hydroxyl groups is 2. The summed E-state index contributed by atoms with van der Waals surface area (Å²) in [5.41, 5.74) is -0.433. The normalized spacial score (nSPS) is 30.3. The Morgan fingerprint density at radius 1 is 1.20 bits per heavy atom. The molecule has 2 rings (SSSR count). The Labute approximate surface area is 209 Å². The molecular weight excluding hydrogens is 448 g/mol. The summed E-state index contributed by atoms with van der Waals surface area (Å²) in [4.78, 5) is 23.3. The molecule has 1 heterocycles. The minimum atomic E-state index is -1.10. The Bertz CT molecular complexity index is 797. The molecule has 0 spiro atoms. The summed E-state index contributed by atoms with van der Waals surface area (Å²) >= 11 is 0. The molecule has 198 valence electrons. The van der Waals surface area contributed by atoms with Crippen LogP contribution in [-0.4, -0.2) is 65.3 Å². The molecule has 2 fully saturated rings. The van der Waals surface area contributed by atoms with Crippen molar-refractivity contribution in [1.82, 2.24) is 10.6 Å². The third-order valence-electron chi connectivity index (χ3n) is 6.66. The molecule has 1 aliphatic heterocycles. The van der Waals surface area contributed by atoms with E-state index in [9.17, 15) is 19.8 Å². The third kappa shape index (κ3) is 10.5. The number of rotatable bonds is 9. The molecule has 0 aromatic heterocycles. The van der Waals surface area contributed by atoms with E-state index in [1.807, 2.05) is 26.0 Å². The van der Waals surface area contributed by atoms with Crippen LogP contribution in [0.5, 0.6) is 0 Å². The minimum Gasteiger partial charge on any atom is -0.442 e. The van der Waals surface area contributed by atoms with Crippen molar-refractivity contribution in [2.24, 2.45) is 5.92 Å². The molecule has 0 unspecified atom stereocenters. The first-order valence-electron chi connectivity index (χ1n) is 12.7. The van der Waals surface area contributed by atoms with Crippen LogP contribution in [-0.2, 0) is 14.3 Å². The predicted octanol–water partition coefficient (Wildman–Crippen LogP) is 3.54. The lowest BCUT2D eigenvalue weighted by Crippen LogP contribution is -2.51. The van der Waals surface area contributed by atoms with Crippen LogP contribution in [0.4, 0.5) is 4.79 Å². The molecule has 2 amide bonds. The van der Waals surface area contributed by atoms with Gasteiger partial charge in [0.05, 0.1) is 23.9 Å². The van der Waals surface area contributed by atoms with E-state index in [0.717, 1.165) is 37.7 Å². The fourth-order valence-corrected chi connectivity index (χ4v) is 4.92. The molecule has 1 saturated carbocycles. The van der Waals surface area contributed by atoms with Gasteiger partial charge in [-0.1, -0.05) is 23.8 Å². The van der Waals surface area contributed by atoms with E-state index in [0.29, 0.717) is 18.8 Å². The molecule has 8 heteroatoms. The van der Waals surface area contributed by atoms with Crippen molar-refractivity contribution in [2.75, 3.05) is 13.7 Å². The van der Waals surface area contributed by atoms with Gasteiger partial charge in [0.1, 0.15) is 6.10 Å². The molecule has 0 aromatic carbocycles. The Hall–Kier alpha value is -2.16. The van der Waals surface area contributed by atoms with Gasteiger partial charge in [-0.15, -0.1) is 0 Å². The van der Waals surface area contributed by atoms with Crippen molar-refractivity contribution in [3.8, 4) is 0 Å². The number of carbonyl (C=O) groups is 2. The first kappa shape index (κ1) is 29.1. The largest absolute Gasteiger partial charge is 0.442 e. The Morgan fingerprint density at radius 2 is 1.89 bits per heavy atom. The summed E-state index contributed by atoms with van der Waals surface area (Å²) in [6.45, 7) is 7.38. The Kier molecular flexibility index (Phi) is 11.0. The molecule has 1 saturated heterocycles. The van der Waals surface area contributed by atoms with E-state index in [4.69, 9.17) is 9.47 Å². The zero-order chi connectivity index (χ0) is 26.1. The smallest absolute Gasteiger partial charge is 0.407 e. The van der Waals surface area contributed by atoms with Gasteiger partial charge in [0.25, 0.3) is 0 Å². The van der Waals surface area contributed by atoms with Gasteiger partial charge in [-0.25, -0.2) is 4.79 Å². The molecule has 8 nitrogen and oxygen atoms in total. The maximum absolute atomic E-state index is 12.2. The highest BCUT2D eigenvalue weighted by Gasteiger charge is 2.42. The van der Waals surface area contributed by atoms with E-state index >= 15 is 0 Å². The highest BCUT2D eigenvalue weighted by Crippen LogP contribution is 2.36. The average Bonchev–Trinajstić information content (AvgIpc) is 2.79. The Balaban J connectivity index is 1.73. The van der Waals surface area contributed by atoms with E-state index in [1.165, 1.54) is 13.1 Å². The summed E-state index contributed by atoms with van der Waals surface area (Å²) in [7, 11) is 1.49. The van der Waals surface area contributed by atoms with Crippen molar-refractivity contribution in [2.45, 2.75) is 102 Å². The van der Waals surface area contributed by atoms with Gasteiger partial charge in [0.15, 0.2) is 0 Å². The van der Waals surface area contributed by atoms with Crippen LogP contribution in [0.2, 0.25) is 0 Å². The molecule has 3 atom stereocenters. The molecule has 2 aliphatic rings. The fraction of sp³-hybridized carbons (Fsp3) is 0.704. The van der Waals surface area contributed by atoms with Crippen LogP contribution in [0.3, 0.4) is 0 Å². The van der Waals surface area contributed by atoms with E-state index < -0.39 is 23.4 Å². The van der Waals surface area contributed by atoms with Gasteiger partial charge in [0, 0.05) is 32.0 Å². The SMILES string of the molecule is CNC(=O)O[C@@H](C)/C=C\C(=O)NC1CCC(C/C=C(C)/C=C/[C@@H]2C[C@](O)(CO)CC(C)(C)O2)CC1. The molecule has 0 radical (unpaired) electrons. The summed E-state index contributed by atoms with van der Waals surface area (Å²) in [5.74, 6) is 0.426. The number of carbonyl (C=O) groups excluding carboxylic acids is 2. The van der Waals surface area contributed by atoms with Crippen molar-refractivity contribution in [1.29, 1.82) is 0 Å². The zero-order valence-corrected chi connectivity index (χ0v) is 21.9. The highest BCUT2D eigenvalue weighted by atomic mass is 16.6. The lowest BCUT2D eigenvalue weighted by atomic mass is 9.82. The first-order chi connectivity index (χ1) is 16.4. The number of aliphatic hydroxyl groups excluding tert-OH is 1. The summed E-state index contributed by atoms with van der Waals surface area (Å²) in [6.07, 6.45) is 13.8. The molecule has 1 aliphatic carbocycles. The number of alkyl carbamates (subject to hydrolysis) is 1. The summed E-state index contributed by atoms with van der Waals surface area (Å²) < 4.78 is 11.1. The first-order valence-corrected chi connectivity index (χ1v) is 12.7. The summed E-state index contributed by atoms with van der Waals surface area (Å²) in [6, 6.07) is 0.167. The second-order valence-electron chi connectivity index (χ2n) is 10.7. The van der Waals surface area contributed by atoms with Gasteiger partial charge in [0.2, 0.25) is 5.91 Å². The number of hydrogen-bond acceptors (Lipinski definition) is 6. The monoisotopic (exact) mass is 492 g/mol. The lowest BCUT2D eigenvalue weighted by molar-refractivity contribution is -0.180. The minimum absolute atomic E-state index is 0.164. The fourth-order valence-electron chi connectivity index (χ4n) is 4.92. The standard InChI is InChI=1S/C27H44N2O6/c1-19(7-14-23-16-27(33,18-30)17-26(3,4)35-23)6-9-21-10-12-22(13-11-21)29-24(31)15-8-20(2)34-25(32)28-5/h6-8,14-15,20-23,30,33H,9-13,16-18H2,1-5H3,(H,28,32)(H,29,31)/b14-7+,15-8-,19-6+/t20-,21?,22?,23+,27+/m0/s1. The number of allylic oxidation sites excluding steroid dienone is 3. The maximum atomic E-state index is 12.2. The molecule has 35 heavy (non-hydrogen) atoms. The summed E-state index contributed by atoms with van der Waals surface area (Å²) in [5, 5.41) is 25.6. The van der Waals surface area contributed by atoms with Gasteiger partial charge in [-0.05, 0) is 71.8 Å². The van der Waals surface area contributed by atoms with Crippen LogP contribution in [0, 0.1) is 5.92 Å². The lowest BCUT2D eigenvalue weighted by Gasteiger charge is -2.44. The van der Waals surface area contributed by atoms with Crippen LogP contribution >= 0.6 is 0 Å². The molecule has 0 aromatic rings. The van der Waals surface area contributed by atoms with Crippen LogP contribution in [0.15, 0.2) is 36.0 Å². The number of nitrogens with one attached hydrogen (secondary N) is 2. The van der Waals surface area contributed by atoms with E-state index in [1.54, 1.807) is 13.0 Å². The number of hydrogen-bond donors (Lipinski definition) is 4. The number of amides is 2. The topological polar surface area (TPSA) is 117 Å². The molecular formula is C27H44N2O6. The zero-order valence-electron chi connectivity index (χ0n) is 21.9. The van der Waals surface area contributed by atoms with Crippen LogP contribution in [0.25, 0.3) is 0 Å². The van der Waals surface area contributed by atoms with Crippen molar-refractivity contribution in [3.05, 3.63) is 36.0 Å². The van der Waals surface area contributed by atoms with Gasteiger partial charge in [-0.2, -0.15) is 0 Å². The quantitative estimate of drug-likeness (QED) is 0.289. The van der Waals surface area contributed by atoms with Gasteiger partial charge >= 0.3 is 6.09 Å². The highest BCUT2D eigenvalue weighted by molar-refractivity contribution is 5.87. The van der Waals surface area contributed by atoms with Crippen LogP contribution < -0.4 is 10.6 Å². The number of ether oxygens (including phenoxy) is 2. The van der Waals surface area contributed by atoms with Crippen molar-refractivity contribution in [3.63, 3.8) is 0 Å². The van der Waals surface area contributed by atoms with E-state index in [-0.39, 0.29) is 24.7 Å². The average molecular weight is 493 g/mol. The second kappa shape index (κ2) is 13.2. The van der Waals surface area contributed by atoms with Crippen molar-refractivity contribution >= 4 is 12.0 Å². The van der Waals surface area contributed by atoms with Crippen molar-refractivity contribution < 1.29 is 29.3 Å². The van der Waals surface area contributed by atoms with Gasteiger partial charge in [-0.3, -0.25) is 4.79 Å². The predicted molar refractivity (Wildman–Crippen MR) is 136 cm³/mol. The Morgan fingerprint density at radius 3 is 2.51 bits per heavy atom. The second-order valence-corrected chi connectivity index (χ2v) is 10.7. The van der Waals surface area contributed by atoms with Crippen LogP contribution in [0.1, 0.15) is 72.6 Å².